The Bertz CT molecular complexity index is 474. The van der Waals surface area contributed by atoms with Gasteiger partial charge in [0.2, 0.25) is 11.8 Å². The molecule has 1 aliphatic heterocycles. The van der Waals surface area contributed by atoms with E-state index in [-0.39, 0.29) is 29.3 Å². The number of ether oxygens (including phenoxy) is 1. The summed E-state index contributed by atoms with van der Waals surface area (Å²) in [6.45, 7) is 2.76. The van der Waals surface area contributed by atoms with Crippen LogP contribution in [0.1, 0.15) is 25.0 Å². The Kier molecular flexibility index (Phi) is 4.10. The molecule has 104 valence electrons. The molecule has 2 heterocycles. The zero-order valence-corrected chi connectivity index (χ0v) is 10.8. The fraction of sp³-hybridized carbons (Fsp3) is 0.636. The number of hydrogen-bond acceptors (Lipinski definition) is 7. The molecule has 1 atom stereocenters. The summed E-state index contributed by atoms with van der Waals surface area (Å²) < 4.78 is 5.55. The SMILES string of the molecule is Cc1nc(N)nc(NCC2CCCCO2)c1[N+](=O)[O-]. The summed E-state index contributed by atoms with van der Waals surface area (Å²) in [4.78, 5) is 18.2. The highest BCUT2D eigenvalue weighted by atomic mass is 16.6. The molecule has 0 aromatic carbocycles. The molecule has 3 N–H and O–H groups in total. The molecule has 8 nitrogen and oxygen atoms in total. The van der Waals surface area contributed by atoms with Gasteiger partial charge in [0.05, 0.1) is 11.0 Å². The second kappa shape index (κ2) is 5.79. The smallest absolute Gasteiger partial charge is 0.332 e. The van der Waals surface area contributed by atoms with E-state index in [4.69, 9.17) is 10.5 Å². The summed E-state index contributed by atoms with van der Waals surface area (Å²) in [7, 11) is 0. The third-order valence-electron chi connectivity index (χ3n) is 3.03. The predicted molar refractivity (Wildman–Crippen MR) is 69.9 cm³/mol. The molecule has 1 unspecified atom stereocenters. The van der Waals surface area contributed by atoms with Gasteiger partial charge in [-0.05, 0) is 26.2 Å². The summed E-state index contributed by atoms with van der Waals surface area (Å²) in [5.74, 6) is 0.180. The lowest BCUT2D eigenvalue weighted by Gasteiger charge is -2.22. The maximum atomic E-state index is 11.0. The number of nitrogens with zero attached hydrogens (tertiary/aromatic N) is 3. The molecular weight excluding hydrogens is 250 g/mol. The number of aryl methyl sites for hydroxylation is 1. The molecular formula is C11H17N5O3. The minimum atomic E-state index is -0.501. The van der Waals surface area contributed by atoms with Crippen LogP contribution in [0.4, 0.5) is 17.5 Å². The van der Waals surface area contributed by atoms with Crippen molar-refractivity contribution in [3.8, 4) is 0 Å². The normalized spacial score (nSPS) is 19.1. The number of nitrogen functional groups attached to an aromatic ring is 1. The minimum Gasteiger partial charge on any atom is -0.376 e. The maximum Gasteiger partial charge on any atom is 0.332 e. The maximum absolute atomic E-state index is 11.0. The van der Waals surface area contributed by atoms with E-state index < -0.39 is 4.92 Å². The van der Waals surface area contributed by atoms with Gasteiger partial charge in [0.15, 0.2) is 0 Å². The van der Waals surface area contributed by atoms with Crippen LogP contribution in [-0.4, -0.2) is 34.1 Å². The van der Waals surface area contributed by atoms with E-state index in [1.807, 2.05) is 0 Å². The highest BCUT2D eigenvalue weighted by molar-refractivity contribution is 5.60. The van der Waals surface area contributed by atoms with Crippen LogP contribution >= 0.6 is 0 Å². The standard InChI is InChI=1S/C11H17N5O3/c1-7-9(16(17)18)10(15-11(12)14-7)13-6-8-4-2-3-5-19-8/h8H,2-6H2,1H3,(H3,12,13,14,15). The van der Waals surface area contributed by atoms with Crippen LogP contribution in [0.2, 0.25) is 0 Å². The van der Waals surface area contributed by atoms with Crippen molar-refractivity contribution in [3.05, 3.63) is 15.8 Å². The lowest BCUT2D eigenvalue weighted by Crippen LogP contribution is -2.27. The second-order valence-electron chi connectivity index (χ2n) is 4.49. The van der Waals surface area contributed by atoms with Crippen molar-refractivity contribution in [1.82, 2.24) is 9.97 Å². The Labute approximate surface area is 110 Å². The molecule has 0 aliphatic carbocycles. The van der Waals surface area contributed by atoms with Crippen molar-refractivity contribution >= 4 is 17.5 Å². The second-order valence-corrected chi connectivity index (χ2v) is 4.49. The van der Waals surface area contributed by atoms with E-state index in [9.17, 15) is 10.1 Å². The first-order valence-corrected chi connectivity index (χ1v) is 6.22. The Morgan fingerprint density at radius 3 is 2.95 bits per heavy atom. The van der Waals surface area contributed by atoms with E-state index in [1.165, 1.54) is 0 Å². The highest BCUT2D eigenvalue weighted by Crippen LogP contribution is 2.26. The summed E-state index contributed by atoms with van der Waals surface area (Å²) in [6.07, 6.45) is 3.18. The van der Waals surface area contributed by atoms with Crippen LogP contribution in [0.15, 0.2) is 0 Å². The van der Waals surface area contributed by atoms with Gasteiger partial charge in [0, 0.05) is 13.2 Å². The van der Waals surface area contributed by atoms with E-state index in [1.54, 1.807) is 6.92 Å². The molecule has 1 aromatic rings. The summed E-state index contributed by atoms with van der Waals surface area (Å²) >= 11 is 0. The minimum absolute atomic E-state index is 0.0233. The molecule has 0 bridgehead atoms. The first-order chi connectivity index (χ1) is 9.08. The predicted octanol–water partition coefficient (Wildman–Crippen LogP) is 1.26. The number of aromatic nitrogens is 2. The Balaban J connectivity index is 2.12. The molecule has 1 aromatic heterocycles. The quantitative estimate of drug-likeness (QED) is 0.623. The van der Waals surface area contributed by atoms with Crippen molar-refractivity contribution in [2.45, 2.75) is 32.3 Å². The van der Waals surface area contributed by atoms with Crippen LogP contribution in [-0.2, 0) is 4.74 Å². The van der Waals surface area contributed by atoms with Crippen molar-refractivity contribution < 1.29 is 9.66 Å². The molecule has 1 fully saturated rings. The number of nitrogens with two attached hydrogens (primary N) is 1. The zero-order valence-electron chi connectivity index (χ0n) is 10.8. The van der Waals surface area contributed by atoms with E-state index in [0.717, 1.165) is 25.9 Å². The lowest BCUT2D eigenvalue weighted by atomic mass is 10.1. The highest BCUT2D eigenvalue weighted by Gasteiger charge is 2.22. The zero-order chi connectivity index (χ0) is 13.8. The molecule has 19 heavy (non-hydrogen) atoms. The number of nitrogens with one attached hydrogen (secondary N) is 1. The fourth-order valence-electron chi connectivity index (χ4n) is 2.11. The van der Waals surface area contributed by atoms with Crippen LogP contribution < -0.4 is 11.1 Å². The number of rotatable bonds is 4. The molecule has 0 amide bonds. The van der Waals surface area contributed by atoms with Gasteiger partial charge in [-0.15, -0.1) is 0 Å². The van der Waals surface area contributed by atoms with E-state index in [0.29, 0.717) is 6.54 Å². The van der Waals surface area contributed by atoms with Crippen LogP contribution in [0.3, 0.4) is 0 Å². The topological polar surface area (TPSA) is 116 Å². The van der Waals surface area contributed by atoms with E-state index in [2.05, 4.69) is 15.3 Å². The largest absolute Gasteiger partial charge is 0.376 e. The molecule has 1 aliphatic rings. The first-order valence-electron chi connectivity index (χ1n) is 6.22. The van der Waals surface area contributed by atoms with Gasteiger partial charge in [0.25, 0.3) is 0 Å². The van der Waals surface area contributed by atoms with Crippen molar-refractivity contribution in [1.29, 1.82) is 0 Å². The average molecular weight is 267 g/mol. The fourth-order valence-corrected chi connectivity index (χ4v) is 2.11. The van der Waals surface area contributed by atoms with Gasteiger partial charge < -0.3 is 15.8 Å². The molecule has 2 rings (SSSR count). The van der Waals surface area contributed by atoms with E-state index >= 15 is 0 Å². The molecule has 0 radical (unpaired) electrons. The van der Waals surface area contributed by atoms with Gasteiger partial charge in [-0.1, -0.05) is 0 Å². The summed E-state index contributed by atoms with van der Waals surface area (Å²) in [5, 5.41) is 14.0. The molecule has 1 saturated heterocycles. The number of hydrogen-bond donors (Lipinski definition) is 2. The number of anilines is 2. The Morgan fingerprint density at radius 2 is 2.32 bits per heavy atom. The molecule has 8 heteroatoms. The van der Waals surface area contributed by atoms with Gasteiger partial charge in [0.1, 0.15) is 5.69 Å². The molecule has 0 saturated carbocycles. The third kappa shape index (κ3) is 3.28. The first kappa shape index (κ1) is 13.5. The van der Waals surface area contributed by atoms with Crippen LogP contribution in [0.25, 0.3) is 0 Å². The Morgan fingerprint density at radius 1 is 1.53 bits per heavy atom. The van der Waals surface area contributed by atoms with Gasteiger partial charge >= 0.3 is 5.69 Å². The monoisotopic (exact) mass is 267 g/mol. The van der Waals surface area contributed by atoms with Crippen molar-refractivity contribution in [2.24, 2.45) is 0 Å². The van der Waals surface area contributed by atoms with Crippen molar-refractivity contribution in [2.75, 3.05) is 24.2 Å². The third-order valence-corrected chi connectivity index (χ3v) is 3.03. The Hall–Kier alpha value is -1.96. The summed E-state index contributed by atoms with van der Waals surface area (Å²) in [6, 6.07) is 0. The number of nitro groups is 1. The summed E-state index contributed by atoms with van der Waals surface area (Å²) in [5.41, 5.74) is 5.64. The van der Waals surface area contributed by atoms with Crippen molar-refractivity contribution in [3.63, 3.8) is 0 Å². The van der Waals surface area contributed by atoms with Crippen LogP contribution in [0, 0.1) is 17.0 Å². The lowest BCUT2D eigenvalue weighted by molar-refractivity contribution is -0.385. The van der Waals surface area contributed by atoms with Crippen LogP contribution in [0.5, 0.6) is 0 Å². The van der Waals surface area contributed by atoms with Gasteiger partial charge in [-0.2, -0.15) is 4.98 Å². The van der Waals surface area contributed by atoms with Gasteiger partial charge in [-0.3, -0.25) is 10.1 Å². The average Bonchev–Trinajstić information content (AvgIpc) is 2.36. The molecule has 0 spiro atoms. The van der Waals surface area contributed by atoms with Gasteiger partial charge in [-0.25, -0.2) is 4.98 Å².